The van der Waals surface area contributed by atoms with Gasteiger partial charge in [0.15, 0.2) is 11.6 Å². The van der Waals surface area contributed by atoms with Crippen molar-refractivity contribution < 1.29 is 150 Å². The molecule has 0 saturated carbocycles. The van der Waals surface area contributed by atoms with Gasteiger partial charge in [0.25, 0.3) is 0 Å². The van der Waals surface area contributed by atoms with Crippen LogP contribution in [0.1, 0.15) is 36.0 Å². The zero-order valence-electron chi connectivity index (χ0n) is 63.6. The zero-order chi connectivity index (χ0) is 78.1. The highest BCUT2D eigenvalue weighted by atomic mass is 19.2. The van der Waals surface area contributed by atoms with Crippen molar-refractivity contribution >= 4 is 23.5 Å². The highest BCUT2D eigenvalue weighted by Crippen LogP contribution is 2.28. The van der Waals surface area contributed by atoms with E-state index >= 15 is 0 Å². The highest BCUT2D eigenvalue weighted by molar-refractivity contribution is 5.97. The summed E-state index contributed by atoms with van der Waals surface area (Å²) in [5.41, 5.74) is 3.37. The number of amides is 2. The zero-order valence-corrected chi connectivity index (χ0v) is 63.6. The molecule has 0 atom stereocenters. The van der Waals surface area contributed by atoms with Gasteiger partial charge in [-0.1, -0.05) is 42.2 Å². The molecule has 1 aliphatic rings. The van der Waals surface area contributed by atoms with Crippen molar-refractivity contribution in [3.8, 4) is 17.6 Å². The first-order chi connectivity index (χ1) is 54.2. The minimum Gasteiger partial charge on any atom is -0.420 e. The Balaban J connectivity index is 0.703. The van der Waals surface area contributed by atoms with E-state index in [0.717, 1.165) is 22.4 Å². The molecule has 0 aromatic heterocycles. The van der Waals surface area contributed by atoms with Crippen molar-refractivity contribution in [2.24, 2.45) is 0 Å². The molecule has 2 amide bonds. The summed E-state index contributed by atoms with van der Waals surface area (Å²) in [5.74, 6) is -3.47. The van der Waals surface area contributed by atoms with Crippen LogP contribution in [0.2, 0.25) is 0 Å². The Kier molecular flexibility index (Phi) is 62.6. The van der Waals surface area contributed by atoms with Crippen LogP contribution in [0.4, 0.5) is 23.2 Å². The van der Waals surface area contributed by atoms with E-state index in [9.17, 15) is 31.9 Å². The summed E-state index contributed by atoms with van der Waals surface area (Å²) in [6.45, 7) is 20.4. The van der Waals surface area contributed by atoms with Crippen molar-refractivity contribution in [1.29, 1.82) is 0 Å². The van der Waals surface area contributed by atoms with Gasteiger partial charge in [-0.3, -0.25) is 14.4 Å². The first-order valence-electron chi connectivity index (χ1n) is 37.4. The number of para-hydroxylation sites is 1. The first kappa shape index (κ1) is 96.8. The maximum absolute atomic E-state index is 13.6. The third-order valence-electron chi connectivity index (χ3n) is 14.6. The summed E-state index contributed by atoms with van der Waals surface area (Å²) in [5, 5.41) is 2.82. The number of carbonyl (C=O) groups excluding carboxylic acids is 3. The Labute approximate surface area is 643 Å². The molecule has 3 aromatic carbocycles. The van der Waals surface area contributed by atoms with E-state index in [4.69, 9.17) is 114 Å². The summed E-state index contributed by atoms with van der Waals surface area (Å²) in [6.07, 6.45) is -0.256. The first-order valence-corrected chi connectivity index (χ1v) is 37.4. The molecule has 0 bridgehead atoms. The van der Waals surface area contributed by atoms with Gasteiger partial charge in [-0.15, -0.1) is 0 Å². The van der Waals surface area contributed by atoms with Gasteiger partial charge >= 0.3 is 5.97 Å². The lowest BCUT2D eigenvalue weighted by Crippen LogP contribution is -2.34. The molecule has 1 N–H and O–H groups in total. The van der Waals surface area contributed by atoms with Crippen molar-refractivity contribution in [2.45, 2.75) is 25.8 Å². The molecule has 0 saturated heterocycles. The fourth-order valence-electron chi connectivity index (χ4n) is 9.04. The molecule has 0 unspecified atom stereocenters. The minimum absolute atomic E-state index is 0.0155. The number of rotatable bonds is 79. The molecule has 626 valence electrons. The standard InChI is InChI=1S/C76H116F4N2O28/c77-68-63-69(78)75(80)76(74(68)79)110-73(85)13-15-86-17-19-88-21-23-90-25-27-92-29-31-94-33-35-96-37-39-98-41-43-100-45-47-102-49-51-104-53-55-106-57-59-108-61-62-109-60-58-107-56-54-105-52-50-103-48-46-101-44-42-99-40-38-97-36-34-95-32-30-93-28-26-91-24-22-89-20-18-87-16-14-81-71(83)11-12-72(84)82-64-67-7-2-1-5-65(67)9-10-66-6-3-4-8-70(66)82/h1-8,63H,11-62,64H2,(H,81,83). The number of halogens is 4. The molecule has 4 rings (SSSR count). The Morgan fingerprint density at radius 1 is 0.309 bits per heavy atom. The van der Waals surface area contributed by atoms with Crippen LogP contribution in [-0.2, 0) is 135 Å². The number of nitrogens with one attached hydrogen (secondary N) is 1. The van der Waals surface area contributed by atoms with Crippen LogP contribution in [0.15, 0.2) is 54.6 Å². The topological polar surface area (TPSA) is 297 Å². The SMILES string of the molecule is O=C(CCC(=O)N1Cc2ccccc2C#Cc2ccccc21)NCCOCCOCCOCCOCCOCCOCCOCCOCCOCCOCCOCCOCCOCCOCCOCCOCCOCCOCCOCCOCCOCCOCCOCCOCCC(=O)Oc1c(F)c(F)cc(F)c1F. The maximum Gasteiger partial charge on any atom is 0.313 e. The second-order valence-electron chi connectivity index (χ2n) is 23.0. The molecule has 110 heavy (non-hydrogen) atoms. The van der Waals surface area contributed by atoms with Crippen LogP contribution in [-0.4, -0.2) is 341 Å². The average molecular weight is 1580 g/mol. The molecule has 1 aliphatic heterocycles. The summed E-state index contributed by atoms with van der Waals surface area (Å²) >= 11 is 0. The molecule has 0 radical (unpaired) electrons. The number of carbonyl (C=O) groups is 3. The van der Waals surface area contributed by atoms with Gasteiger partial charge < -0.3 is 129 Å². The van der Waals surface area contributed by atoms with Gasteiger partial charge in [-0.25, -0.2) is 8.78 Å². The van der Waals surface area contributed by atoms with Crippen LogP contribution in [0.25, 0.3) is 0 Å². The van der Waals surface area contributed by atoms with E-state index in [0.29, 0.717) is 304 Å². The second-order valence-corrected chi connectivity index (χ2v) is 23.0. The fraction of sp³-hybridized carbons (Fsp3) is 0.697. The van der Waals surface area contributed by atoms with Crippen molar-refractivity contribution in [3.63, 3.8) is 0 Å². The van der Waals surface area contributed by atoms with Crippen LogP contribution < -0.4 is 15.0 Å². The Morgan fingerprint density at radius 3 is 0.873 bits per heavy atom. The quantitative estimate of drug-likeness (QED) is 0.0199. The van der Waals surface area contributed by atoms with Gasteiger partial charge in [0.2, 0.25) is 29.2 Å². The minimum atomic E-state index is -1.80. The van der Waals surface area contributed by atoms with Crippen LogP contribution in [0.3, 0.4) is 0 Å². The van der Waals surface area contributed by atoms with Gasteiger partial charge in [0.05, 0.1) is 336 Å². The Morgan fingerprint density at radius 2 is 0.564 bits per heavy atom. The molecule has 30 nitrogen and oxygen atoms in total. The van der Waals surface area contributed by atoms with Gasteiger partial charge in [0.1, 0.15) is 0 Å². The normalized spacial score (nSPS) is 11.9. The molecule has 34 heteroatoms. The van der Waals surface area contributed by atoms with Gasteiger partial charge in [-0.2, -0.15) is 8.78 Å². The van der Waals surface area contributed by atoms with Crippen molar-refractivity contribution in [2.75, 3.05) is 329 Å². The molecular weight excluding hydrogens is 1460 g/mol. The number of ether oxygens (including phenoxy) is 25. The van der Waals surface area contributed by atoms with E-state index in [-0.39, 0.29) is 57.1 Å². The number of nitrogens with zero attached hydrogens (tertiary/aromatic N) is 1. The summed E-state index contributed by atoms with van der Waals surface area (Å²) in [7, 11) is 0. The number of hydrogen-bond donors (Lipinski definition) is 1. The number of benzene rings is 3. The number of anilines is 1. The van der Waals surface area contributed by atoms with Crippen LogP contribution in [0, 0.1) is 35.1 Å². The fourth-order valence-corrected chi connectivity index (χ4v) is 9.04. The molecule has 3 aromatic rings. The van der Waals surface area contributed by atoms with E-state index in [1.54, 1.807) is 4.90 Å². The number of hydrogen-bond acceptors (Lipinski definition) is 28. The molecule has 0 fully saturated rings. The van der Waals surface area contributed by atoms with Gasteiger partial charge in [0, 0.05) is 36.6 Å². The van der Waals surface area contributed by atoms with Crippen molar-refractivity contribution in [3.05, 3.63) is 94.6 Å². The molecule has 1 heterocycles. The van der Waals surface area contributed by atoms with Crippen molar-refractivity contribution in [1.82, 2.24) is 5.32 Å². The van der Waals surface area contributed by atoms with Crippen LogP contribution >= 0.6 is 0 Å². The van der Waals surface area contributed by atoms with E-state index in [1.807, 2.05) is 48.5 Å². The third kappa shape index (κ3) is 53.4. The third-order valence-corrected chi connectivity index (χ3v) is 14.6. The predicted octanol–water partition coefficient (Wildman–Crippen LogP) is 4.78. The van der Waals surface area contributed by atoms with E-state index in [2.05, 4.69) is 21.9 Å². The predicted molar refractivity (Wildman–Crippen MR) is 388 cm³/mol. The van der Waals surface area contributed by atoms with E-state index < -0.39 is 41.4 Å². The highest BCUT2D eigenvalue weighted by Gasteiger charge is 2.24. The Hall–Kier alpha value is -5.61. The molecule has 0 spiro atoms. The second kappa shape index (κ2) is 71.2. The van der Waals surface area contributed by atoms with Gasteiger partial charge in [-0.05, 0) is 23.8 Å². The summed E-state index contributed by atoms with van der Waals surface area (Å²) < 4.78 is 190. The molecule has 0 aliphatic carbocycles. The lowest BCUT2D eigenvalue weighted by molar-refractivity contribution is -0.136. The lowest BCUT2D eigenvalue weighted by atomic mass is 10.0. The summed E-state index contributed by atoms with van der Waals surface area (Å²) in [6, 6.07) is 15.4. The summed E-state index contributed by atoms with van der Waals surface area (Å²) in [4.78, 5) is 39.3. The number of esters is 1. The smallest absolute Gasteiger partial charge is 0.313 e. The Bertz CT molecular complexity index is 2780. The largest absolute Gasteiger partial charge is 0.420 e. The number of fused-ring (bicyclic) bond motifs is 2. The lowest BCUT2D eigenvalue weighted by Gasteiger charge is -2.26. The molecular formula is C76H116F4N2O28. The average Bonchev–Trinajstić information content (AvgIpc) is 0.817. The van der Waals surface area contributed by atoms with Crippen LogP contribution in [0.5, 0.6) is 5.75 Å². The van der Waals surface area contributed by atoms with E-state index in [1.165, 1.54) is 0 Å². The maximum atomic E-state index is 13.6. The monoisotopic (exact) mass is 1580 g/mol.